The van der Waals surface area contributed by atoms with E-state index in [4.69, 9.17) is 5.73 Å². The lowest BCUT2D eigenvalue weighted by Crippen LogP contribution is -2.44. The predicted octanol–water partition coefficient (Wildman–Crippen LogP) is 2.55. The van der Waals surface area contributed by atoms with Crippen molar-refractivity contribution in [1.82, 2.24) is 30.4 Å². The van der Waals surface area contributed by atoms with E-state index in [1.165, 1.54) is 6.42 Å². The van der Waals surface area contributed by atoms with Crippen molar-refractivity contribution >= 4 is 11.8 Å². The minimum absolute atomic E-state index is 0.0419. The number of amides is 2. The summed E-state index contributed by atoms with van der Waals surface area (Å²) in [6, 6.07) is 11.8. The van der Waals surface area contributed by atoms with Crippen LogP contribution in [0.1, 0.15) is 74.5 Å². The summed E-state index contributed by atoms with van der Waals surface area (Å²) in [6.45, 7) is 0. The lowest BCUT2D eigenvalue weighted by Gasteiger charge is -2.40. The normalized spacial score (nSPS) is 17.1. The van der Waals surface area contributed by atoms with Crippen molar-refractivity contribution in [2.24, 2.45) is 11.7 Å². The van der Waals surface area contributed by atoms with Gasteiger partial charge in [-0.25, -0.2) is 0 Å². The third-order valence-electron chi connectivity index (χ3n) is 8.12. The summed E-state index contributed by atoms with van der Waals surface area (Å²) in [5.74, 6) is 0.924. The summed E-state index contributed by atoms with van der Waals surface area (Å²) in [6.07, 6.45) is 5.49. The second kappa shape index (κ2) is 9.70. The molecule has 0 aliphatic heterocycles. The number of fused-ring (bicyclic) bond motifs is 2. The van der Waals surface area contributed by atoms with Gasteiger partial charge >= 0.3 is 0 Å². The van der Waals surface area contributed by atoms with Gasteiger partial charge in [0.15, 0.2) is 5.82 Å². The number of nitrogens with zero attached hydrogens (tertiary/aromatic N) is 5. The first-order valence-corrected chi connectivity index (χ1v) is 12.9. The Kier molecular flexibility index (Phi) is 6.58. The van der Waals surface area contributed by atoms with Gasteiger partial charge < -0.3 is 15.5 Å². The van der Waals surface area contributed by atoms with Crippen LogP contribution < -0.4 is 5.73 Å². The van der Waals surface area contributed by atoms with Crippen molar-refractivity contribution in [3.63, 3.8) is 0 Å². The molecule has 2 aliphatic carbocycles. The molecule has 0 bridgehead atoms. The number of carbonyl (C=O) groups excluding carboxylic acids is 2. The molecule has 1 heterocycles. The summed E-state index contributed by atoms with van der Waals surface area (Å²) >= 11 is 0. The molecule has 2 amide bonds. The Hall–Kier alpha value is -3.59. The Morgan fingerprint density at radius 1 is 0.973 bits per heavy atom. The number of benzene rings is 2. The number of rotatable bonds is 6. The van der Waals surface area contributed by atoms with Crippen LogP contribution in [-0.4, -0.2) is 76.5 Å². The third-order valence-corrected chi connectivity index (χ3v) is 8.12. The van der Waals surface area contributed by atoms with Crippen molar-refractivity contribution < 1.29 is 9.59 Å². The maximum Gasteiger partial charge on any atom is 0.253 e. The molecular formula is C28H35N7O2. The molecule has 2 aromatic carbocycles. The number of carbonyl (C=O) groups is 2. The third kappa shape index (κ3) is 4.31. The van der Waals surface area contributed by atoms with Gasteiger partial charge in [-0.15, -0.1) is 10.2 Å². The number of aromatic amines is 1. The lowest BCUT2D eigenvalue weighted by molar-refractivity contribution is 0.0820. The molecule has 0 unspecified atom stereocenters. The van der Waals surface area contributed by atoms with E-state index in [9.17, 15) is 9.59 Å². The smallest absolute Gasteiger partial charge is 0.253 e. The first kappa shape index (κ1) is 25.1. The molecular weight excluding hydrogens is 466 g/mol. The van der Waals surface area contributed by atoms with Crippen LogP contribution in [-0.2, 0) is 18.3 Å². The van der Waals surface area contributed by atoms with Crippen LogP contribution in [0.4, 0.5) is 0 Å². The highest BCUT2D eigenvalue weighted by molar-refractivity contribution is 5.95. The Bertz CT molecular complexity index is 1240. The maximum absolute atomic E-state index is 12.8. The van der Waals surface area contributed by atoms with Crippen LogP contribution in [0.5, 0.6) is 0 Å². The van der Waals surface area contributed by atoms with E-state index < -0.39 is 5.41 Å². The van der Waals surface area contributed by atoms with Gasteiger partial charge in [0.2, 0.25) is 0 Å². The molecule has 2 aliphatic rings. The zero-order chi connectivity index (χ0) is 26.3. The summed E-state index contributed by atoms with van der Waals surface area (Å²) in [5, 5.41) is 15.7. The summed E-state index contributed by atoms with van der Waals surface area (Å²) in [7, 11) is 7.03. The van der Waals surface area contributed by atoms with Crippen molar-refractivity contribution in [2.45, 2.75) is 50.0 Å². The Labute approximate surface area is 217 Å². The highest BCUT2D eigenvalue weighted by Gasteiger charge is 2.47. The molecule has 3 aromatic rings. The van der Waals surface area contributed by atoms with Crippen molar-refractivity contribution in [3.8, 4) is 0 Å². The summed E-state index contributed by atoms with van der Waals surface area (Å²) in [4.78, 5) is 28.9. The molecule has 0 spiro atoms. The van der Waals surface area contributed by atoms with Crippen LogP contribution in [0.15, 0.2) is 36.4 Å². The second-order valence-electron chi connectivity index (χ2n) is 10.8. The maximum atomic E-state index is 12.8. The van der Waals surface area contributed by atoms with Gasteiger partial charge in [-0.05, 0) is 84.5 Å². The van der Waals surface area contributed by atoms with E-state index in [0.29, 0.717) is 29.3 Å². The van der Waals surface area contributed by atoms with Gasteiger partial charge in [-0.2, -0.15) is 5.21 Å². The molecule has 1 saturated carbocycles. The second-order valence-corrected chi connectivity index (χ2v) is 10.8. The van der Waals surface area contributed by atoms with Crippen molar-refractivity contribution in [2.75, 3.05) is 28.2 Å². The Morgan fingerprint density at radius 3 is 1.92 bits per heavy atom. The van der Waals surface area contributed by atoms with E-state index in [1.807, 2.05) is 36.4 Å². The van der Waals surface area contributed by atoms with Gasteiger partial charge in [0.25, 0.3) is 11.8 Å². The summed E-state index contributed by atoms with van der Waals surface area (Å²) < 4.78 is 0. The topological polar surface area (TPSA) is 121 Å². The molecule has 5 rings (SSSR count). The highest BCUT2D eigenvalue weighted by atomic mass is 16.2. The molecule has 37 heavy (non-hydrogen) atoms. The van der Waals surface area contributed by atoms with E-state index in [-0.39, 0.29) is 17.9 Å². The number of nitrogens with one attached hydrogen (secondary N) is 1. The van der Waals surface area contributed by atoms with Crippen LogP contribution in [0, 0.1) is 5.92 Å². The fraction of sp³-hybridized carbons (Fsp3) is 0.464. The minimum Gasteiger partial charge on any atom is -0.345 e. The van der Waals surface area contributed by atoms with E-state index in [2.05, 4.69) is 20.6 Å². The Morgan fingerprint density at radius 2 is 1.51 bits per heavy atom. The van der Waals surface area contributed by atoms with Gasteiger partial charge in [-0.1, -0.05) is 23.8 Å². The SMILES string of the molecule is CN(C)C(=O)c1ccc2c(c1)CCc1cc(C(=O)N(C)C)ccc1C2(C[C@H](N)C1CCC1)c1nn[nH]n1. The summed E-state index contributed by atoms with van der Waals surface area (Å²) in [5.41, 5.74) is 11.6. The number of nitrogens with two attached hydrogens (primary N) is 1. The lowest BCUT2D eigenvalue weighted by atomic mass is 9.64. The van der Waals surface area contributed by atoms with E-state index >= 15 is 0 Å². The van der Waals surface area contributed by atoms with Crippen LogP contribution >= 0.6 is 0 Å². The predicted molar refractivity (Wildman–Crippen MR) is 140 cm³/mol. The van der Waals surface area contributed by atoms with Crippen LogP contribution in [0.25, 0.3) is 0 Å². The van der Waals surface area contributed by atoms with E-state index in [0.717, 1.165) is 47.9 Å². The molecule has 9 heteroatoms. The van der Waals surface area contributed by atoms with Gasteiger partial charge in [-0.3, -0.25) is 9.59 Å². The first-order valence-electron chi connectivity index (χ1n) is 12.9. The van der Waals surface area contributed by atoms with Gasteiger partial charge in [0.1, 0.15) is 0 Å². The fourth-order valence-electron chi connectivity index (χ4n) is 5.91. The van der Waals surface area contributed by atoms with Crippen molar-refractivity contribution in [3.05, 3.63) is 75.6 Å². The average Bonchev–Trinajstić information content (AvgIpc) is 3.35. The Balaban J connectivity index is 1.75. The van der Waals surface area contributed by atoms with Gasteiger partial charge in [0.05, 0.1) is 5.41 Å². The minimum atomic E-state index is -0.761. The number of H-pyrrole nitrogens is 1. The first-order chi connectivity index (χ1) is 17.7. The van der Waals surface area contributed by atoms with Crippen molar-refractivity contribution in [1.29, 1.82) is 0 Å². The molecule has 1 atom stereocenters. The quantitative estimate of drug-likeness (QED) is 0.536. The largest absolute Gasteiger partial charge is 0.345 e. The molecule has 1 aromatic heterocycles. The standard InChI is InChI=1S/C28H35N7O2/c1-34(2)25(36)20-10-12-22-18(14-20)8-9-19-15-21(26(37)35(3)4)11-13-23(19)28(22,27-30-32-33-31-27)16-24(29)17-6-5-7-17/h10-15,17,24H,5-9,16,29H2,1-4H3,(H,30,31,32,33)/t24-/m0/s1. The number of aromatic nitrogens is 4. The fourth-order valence-corrected chi connectivity index (χ4v) is 5.91. The number of hydrogen-bond donors (Lipinski definition) is 2. The number of tetrazole rings is 1. The molecule has 0 radical (unpaired) electrons. The van der Waals surface area contributed by atoms with E-state index in [1.54, 1.807) is 38.0 Å². The molecule has 9 nitrogen and oxygen atoms in total. The van der Waals surface area contributed by atoms with Crippen LogP contribution in [0.2, 0.25) is 0 Å². The monoisotopic (exact) mass is 501 g/mol. The molecule has 194 valence electrons. The average molecular weight is 502 g/mol. The highest BCUT2D eigenvalue weighted by Crippen LogP contribution is 2.48. The molecule has 0 saturated heterocycles. The van der Waals surface area contributed by atoms with Crippen LogP contribution in [0.3, 0.4) is 0 Å². The zero-order valence-electron chi connectivity index (χ0n) is 22.0. The number of aryl methyl sites for hydroxylation is 2. The molecule has 1 fully saturated rings. The molecule has 3 N–H and O–H groups in total. The number of hydrogen-bond acceptors (Lipinski definition) is 6. The zero-order valence-corrected chi connectivity index (χ0v) is 22.0. The van der Waals surface area contributed by atoms with Gasteiger partial charge in [0, 0.05) is 45.4 Å².